The maximum Gasteiger partial charge on any atom is 0.249 e. The Kier molecular flexibility index (Phi) is 8.07. The fourth-order valence-electron chi connectivity index (χ4n) is 2.67. The molecule has 4 heteroatoms. The standard InChI is InChI=1S/C15H30N2O2/c1-3-14(15(18)17-10-5-4-9-16)19-13-8-6-7-12(2)11-13/h12-14H,3-11,16H2,1-2H3,(H,17,18). The molecule has 3 unspecified atom stereocenters. The quantitative estimate of drug-likeness (QED) is 0.665. The first kappa shape index (κ1) is 16.4. The van der Waals surface area contributed by atoms with Crippen LogP contribution in [0.15, 0.2) is 0 Å². The Bertz CT molecular complexity index is 259. The smallest absolute Gasteiger partial charge is 0.249 e. The minimum absolute atomic E-state index is 0.0396. The molecule has 19 heavy (non-hydrogen) atoms. The maximum absolute atomic E-state index is 12.0. The summed E-state index contributed by atoms with van der Waals surface area (Å²) < 4.78 is 5.99. The molecule has 0 saturated heterocycles. The van der Waals surface area contributed by atoms with Crippen LogP contribution in [0.5, 0.6) is 0 Å². The van der Waals surface area contributed by atoms with Crippen molar-refractivity contribution in [2.75, 3.05) is 13.1 Å². The lowest BCUT2D eigenvalue weighted by Gasteiger charge is -2.29. The zero-order valence-electron chi connectivity index (χ0n) is 12.5. The number of hydrogen-bond acceptors (Lipinski definition) is 3. The van der Waals surface area contributed by atoms with Gasteiger partial charge in [0.1, 0.15) is 6.10 Å². The van der Waals surface area contributed by atoms with E-state index in [9.17, 15) is 4.79 Å². The van der Waals surface area contributed by atoms with Crippen LogP contribution in [0.1, 0.15) is 58.8 Å². The number of amides is 1. The van der Waals surface area contributed by atoms with Gasteiger partial charge in [-0.1, -0.05) is 26.7 Å². The third-order valence-corrected chi connectivity index (χ3v) is 3.84. The Morgan fingerprint density at radius 1 is 1.42 bits per heavy atom. The Hall–Kier alpha value is -0.610. The van der Waals surface area contributed by atoms with Gasteiger partial charge in [-0.15, -0.1) is 0 Å². The van der Waals surface area contributed by atoms with Crippen LogP contribution in [0.2, 0.25) is 0 Å². The Balaban J connectivity index is 2.28. The SMILES string of the molecule is CCC(OC1CCCC(C)C1)C(=O)NCCCCN. The van der Waals surface area contributed by atoms with Gasteiger partial charge in [0.25, 0.3) is 0 Å². The van der Waals surface area contributed by atoms with E-state index in [2.05, 4.69) is 12.2 Å². The van der Waals surface area contributed by atoms with Gasteiger partial charge in [0.2, 0.25) is 5.91 Å². The van der Waals surface area contributed by atoms with Crippen molar-refractivity contribution < 1.29 is 9.53 Å². The van der Waals surface area contributed by atoms with Crippen molar-refractivity contribution in [3.63, 3.8) is 0 Å². The number of rotatable bonds is 8. The average Bonchev–Trinajstić information content (AvgIpc) is 2.41. The van der Waals surface area contributed by atoms with Gasteiger partial charge in [0.15, 0.2) is 0 Å². The lowest BCUT2D eigenvalue weighted by Crippen LogP contribution is -2.39. The molecule has 1 fully saturated rings. The fourth-order valence-corrected chi connectivity index (χ4v) is 2.67. The van der Waals surface area contributed by atoms with E-state index in [0.29, 0.717) is 13.1 Å². The molecule has 1 aliphatic rings. The van der Waals surface area contributed by atoms with Crippen LogP contribution in [0.3, 0.4) is 0 Å². The molecule has 0 spiro atoms. The summed E-state index contributed by atoms with van der Waals surface area (Å²) in [7, 11) is 0. The normalized spacial score (nSPS) is 25.0. The molecule has 3 atom stereocenters. The van der Waals surface area contributed by atoms with Crippen molar-refractivity contribution in [2.24, 2.45) is 11.7 Å². The highest BCUT2D eigenvalue weighted by Crippen LogP contribution is 2.26. The van der Waals surface area contributed by atoms with Crippen molar-refractivity contribution in [3.05, 3.63) is 0 Å². The second kappa shape index (κ2) is 9.32. The van der Waals surface area contributed by atoms with E-state index in [-0.39, 0.29) is 18.1 Å². The van der Waals surface area contributed by atoms with Gasteiger partial charge in [0.05, 0.1) is 6.10 Å². The predicted octanol–water partition coefficient (Wildman–Crippen LogP) is 2.22. The Morgan fingerprint density at radius 3 is 2.84 bits per heavy atom. The Morgan fingerprint density at radius 2 is 2.21 bits per heavy atom. The van der Waals surface area contributed by atoms with Crippen LogP contribution in [0.25, 0.3) is 0 Å². The summed E-state index contributed by atoms with van der Waals surface area (Å²) in [5.74, 6) is 0.765. The molecule has 0 bridgehead atoms. The molecule has 0 aliphatic heterocycles. The molecule has 0 aromatic heterocycles. The number of nitrogens with two attached hydrogens (primary N) is 1. The van der Waals surface area contributed by atoms with Crippen LogP contribution in [-0.2, 0) is 9.53 Å². The van der Waals surface area contributed by atoms with Crippen molar-refractivity contribution >= 4 is 5.91 Å². The highest BCUT2D eigenvalue weighted by Gasteiger charge is 2.25. The third kappa shape index (κ3) is 6.39. The van der Waals surface area contributed by atoms with Crippen molar-refractivity contribution in [3.8, 4) is 0 Å². The number of carbonyl (C=O) groups excluding carboxylic acids is 1. The van der Waals surface area contributed by atoms with Gasteiger partial charge >= 0.3 is 0 Å². The highest BCUT2D eigenvalue weighted by atomic mass is 16.5. The van der Waals surface area contributed by atoms with E-state index in [1.165, 1.54) is 12.8 Å². The van der Waals surface area contributed by atoms with Gasteiger partial charge < -0.3 is 15.8 Å². The van der Waals surface area contributed by atoms with E-state index in [0.717, 1.165) is 38.0 Å². The fraction of sp³-hybridized carbons (Fsp3) is 0.933. The summed E-state index contributed by atoms with van der Waals surface area (Å²) in [6.45, 7) is 5.67. The van der Waals surface area contributed by atoms with E-state index >= 15 is 0 Å². The molecule has 112 valence electrons. The zero-order valence-corrected chi connectivity index (χ0v) is 12.5. The molecule has 4 nitrogen and oxygen atoms in total. The third-order valence-electron chi connectivity index (χ3n) is 3.84. The molecule has 0 radical (unpaired) electrons. The van der Waals surface area contributed by atoms with Crippen molar-refractivity contribution in [1.29, 1.82) is 0 Å². The second-order valence-corrected chi connectivity index (χ2v) is 5.71. The molecular formula is C15H30N2O2. The molecule has 0 heterocycles. The van der Waals surface area contributed by atoms with Crippen molar-refractivity contribution in [2.45, 2.75) is 71.0 Å². The molecular weight excluding hydrogens is 240 g/mol. The molecule has 1 amide bonds. The van der Waals surface area contributed by atoms with E-state index in [1.54, 1.807) is 0 Å². The summed E-state index contributed by atoms with van der Waals surface area (Å²) in [6.07, 6.45) is 7.34. The van der Waals surface area contributed by atoms with E-state index in [1.807, 2.05) is 6.92 Å². The summed E-state index contributed by atoms with van der Waals surface area (Å²) >= 11 is 0. The molecule has 0 aromatic carbocycles. The maximum atomic E-state index is 12.0. The second-order valence-electron chi connectivity index (χ2n) is 5.71. The first-order valence-electron chi connectivity index (χ1n) is 7.80. The lowest BCUT2D eigenvalue weighted by molar-refractivity contribution is -0.139. The van der Waals surface area contributed by atoms with E-state index in [4.69, 9.17) is 10.5 Å². The summed E-state index contributed by atoms with van der Waals surface area (Å²) in [6, 6.07) is 0. The Labute approximate surface area is 117 Å². The minimum atomic E-state index is -0.284. The van der Waals surface area contributed by atoms with Gasteiger partial charge in [0, 0.05) is 6.54 Å². The van der Waals surface area contributed by atoms with Crippen molar-refractivity contribution in [1.82, 2.24) is 5.32 Å². The molecule has 1 aliphatic carbocycles. The van der Waals surface area contributed by atoms with Crippen LogP contribution in [0, 0.1) is 5.92 Å². The number of hydrogen-bond donors (Lipinski definition) is 2. The highest BCUT2D eigenvalue weighted by molar-refractivity contribution is 5.80. The number of carbonyl (C=O) groups is 1. The monoisotopic (exact) mass is 270 g/mol. The number of unbranched alkanes of at least 4 members (excludes halogenated alkanes) is 1. The molecule has 0 aromatic rings. The number of ether oxygens (including phenoxy) is 1. The minimum Gasteiger partial charge on any atom is -0.365 e. The topological polar surface area (TPSA) is 64.3 Å². The zero-order chi connectivity index (χ0) is 14.1. The largest absolute Gasteiger partial charge is 0.365 e. The molecule has 1 saturated carbocycles. The molecule has 3 N–H and O–H groups in total. The first-order valence-corrected chi connectivity index (χ1v) is 7.80. The van der Waals surface area contributed by atoms with Gasteiger partial charge in [-0.3, -0.25) is 4.79 Å². The molecule has 1 rings (SSSR count). The van der Waals surface area contributed by atoms with Crippen LogP contribution >= 0.6 is 0 Å². The summed E-state index contributed by atoms with van der Waals surface area (Å²) in [5.41, 5.74) is 5.43. The first-order chi connectivity index (χ1) is 9.17. The van der Waals surface area contributed by atoms with Gasteiger partial charge in [-0.2, -0.15) is 0 Å². The summed E-state index contributed by atoms with van der Waals surface area (Å²) in [4.78, 5) is 12.0. The van der Waals surface area contributed by atoms with Crippen LogP contribution in [-0.4, -0.2) is 31.2 Å². The van der Waals surface area contributed by atoms with Gasteiger partial charge in [-0.05, 0) is 44.6 Å². The van der Waals surface area contributed by atoms with Crippen LogP contribution in [0.4, 0.5) is 0 Å². The predicted molar refractivity (Wildman–Crippen MR) is 77.9 cm³/mol. The van der Waals surface area contributed by atoms with E-state index < -0.39 is 0 Å². The van der Waals surface area contributed by atoms with Gasteiger partial charge in [-0.25, -0.2) is 0 Å². The van der Waals surface area contributed by atoms with Crippen LogP contribution < -0.4 is 11.1 Å². The lowest BCUT2D eigenvalue weighted by atomic mass is 9.88. The number of nitrogens with one attached hydrogen (secondary N) is 1. The average molecular weight is 270 g/mol. The summed E-state index contributed by atoms with van der Waals surface area (Å²) in [5, 5.41) is 2.95.